The second-order valence-electron chi connectivity index (χ2n) is 5.37. The summed E-state index contributed by atoms with van der Waals surface area (Å²) in [4.78, 5) is 1.35. The zero-order valence-corrected chi connectivity index (χ0v) is 11.5. The minimum absolute atomic E-state index is 0.312. The van der Waals surface area contributed by atoms with E-state index in [4.69, 9.17) is 0 Å². The molecule has 3 heteroatoms. The van der Waals surface area contributed by atoms with E-state index in [1.165, 1.54) is 15.0 Å². The van der Waals surface area contributed by atoms with Crippen LogP contribution >= 0.6 is 11.3 Å². The van der Waals surface area contributed by atoms with Crippen LogP contribution in [0.1, 0.15) is 37.1 Å². The fraction of sp³-hybridized carbons (Fsp3) is 0.467. The van der Waals surface area contributed by atoms with Crippen LogP contribution in [0.15, 0.2) is 30.3 Å². The molecule has 0 spiro atoms. The molecule has 1 saturated carbocycles. The van der Waals surface area contributed by atoms with Gasteiger partial charge in [-0.1, -0.05) is 18.2 Å². The second kappa shape index (κ2) is 4.65. The number of nitrogens with one attached hydrogen (secondary N) is 1. The van der Waals surface area contributed by atoms with Crippen molar-refractivity contribution in [3.63, 3.8) is 0 Å². The molecule has 2 aromatic rings. The highest BCUT2D eigenvalue weighted by Gasteiger charge is 2.34. The third kappa shape index (κ3) is 2.30. The maximum absolute atomic E-state index is 10.1. The van der Waals surface area contributed by atoms with Crippen molar-refractivity contribution in [2.75, 3.05) is 6.54 Å². The van der Waals surface area contributed by atoms with E-state index >= 15 is 0 Å². The maximum Gasteiger partial charge on any atom is 0.0771 e. The number of thiophene rings is 1. The van der Waals surface area contributed by atoms with E-state index in [2.05, 4.69) is 42.6 Å². The van der Waals surface area contributed by atoms with Crippen molar-refractivity contribution in [1.29, 1.82) is 0 Å². The molecule has 1 atom stereocenters. The van der Waals surface area contributed by atoms with Gasteiger partial charge in [-0.3, -0.25) is 0 Å². The zero-order chi connectivity index (χ0) is 12.6. The van der Waals surface area contributed by atoms with Crippen molar-refractivity contribution in [2.45, 2.75) is 37.8 Å². The first-order valence-corrected chi connectivity index (χ1v) is 7.42. The standard InChI is InChI=1S/C15H19NOS/c1-11(16-10-15(17)7-4-8-15)14-9-12-5-2-3-6-13(12)18-14/h2-3,5-6,9,11,16-17H,4,7-8,10H2,1H3. The minimum Gasteiger partial charge on any atom is -0.389 e. The van der Waals surface area contributed by atoms with Gasteiger partial charge in [0.15, 0.2) is 0 Å². The van der Waals surface area contributed by atoms with Gasteiger partial charge in [0.1, 0.15) is 0 Å². The molecule has 1 aliphatic carbocycles. The van der Waals surface area contributed by atoms with Gasteiger partial charge in [0.05, 0.1) is 5.60 Å². The fourth-order valence-corrected chi connectivity index (χ4v) is 3.51. The number of fused-ring (bicyclic) bond motifs is 1. The molecule has 18 heavy (non-hydrogen) atoms. The Bertz CT molecular complexity index is 511. The van der Waals surface area contributed by atoms with Gasteiger partial charge in [0.25, 0.3) is 0 Å². The topological polar surface area (TPSA) is 32.3 Å². The van der Waals surface area contributed by atoms with Crippen LogP contribution in [0.3, 0.4) is 0 Å². The smallest absolute Gasteiger partial charge is 0.0771 e. The molecular formula is C15H19NOS. The van der Waals surface area contributed by atoms with Crippen LogP contribution < -0.4 is 5.32 Å². The predicted molar refractivity (Wildman–Crippen MR) is 77.0 cm³/mol. The number of rotatable bonds is 4. The highest BCUT2D eigenvalue weighted by molar-refractivity contribution is 7.19. The van der Waals surface area contributed by atoms with Crippen molar-refractivity contribution in [3.8, 4) is 0 Å². The van der Waals surface area contributed by atoms with Gasteiger partial charge in [0, 0.05) is 22.2 Å². The molecule has 3 rings (SSSR count). The van der Waals surface area contributed by atoms with E-state index in [9.17, 15) is 5.11 Å². The maximum atomic E-state index is 10.1. The molecule has 1 aliphatic rings. The first kappa shape index (κ1) is 12.2. The van der Waals surface area contributed by atoms with Crippen molar-refractivity contribution in [2.24, 2.45) is 0 Å². The molecule has 0 bridgehead atoms. The van der Waals surface area contributed by atoms with E-state index in [0.717, 1.165) is 19.3 Å². The van der Waals surface area contributed by atoms with Crippen molar-refractivity contribution < 1.29 is 5.11 Å². The lowest BCUT2D eigenvalue weighted by molar-refractivity contribution is -0.0328. The highest BCUT2D eigenvalue weighted by Crippen LogP contribution is 2.33. The summed E-state index contributed by atoms with van der Waals surface area (Å²) in [6.45, 7) is 2.88. The Morgan fingerprint density at radius 3 is 2.83 bits per heavy atom. The third-order valence-electron chi connectivity index (χ3n) is 3.89. The Labute approximate surface area is 112 Å². The van der Waals surface area contributed by atoms with Crippen LogP contribution in [0.4, 0.5) is 0 Å². The monoisotopic (exact) mass is 261 g/mol. The molecule has 0 aliphatic heterocycles. The molecule has 96 valence electrons. The van der Waals surface area contributed by atoms with Crippen LogP contribution in [0, 0.1) is 0 Å². The van der Waals surface area contributed by atoms with Gasteiger partial charge in [-0.2, -0.15) is 0 Å². The van der Waals surface area contributed by atoms with Crippen molar-refractivity contribution in [1.82, 2.24) is 5.32 Å². The van der Waals surface area contributed by atoms with E-state index in [1.54, 1.807) is 0 Å². The second-order valence-corrected chi connectivity index (χ2v) is 6.48. The molecule has 1 fully saturated rings. The van der Waals surface area contributed by atoms with Gasteiger partial charge in [-0.05, 0) is 43.7 Å². The Hall–Kier alpha value is -0.900. The minimum atomic E-state index is -0.440. The van der Waals surface area contributed by atoms with Crippen LogP contribution in [0.25, 0.3) is 10.1 Å². The quantitative estimate of drug-likeness (QED) is 0.883. The predicted octanol–water partition coefficient (Wildman–Crippen LogP) is 3.47. The zero-order valence-electron chi connectivity index (χ0n) is 10.6. The Kier molecular flexibility index (Phi) is 3.14. The average molecular weight is 261 g/mol. The van der Waals surface area contributed by atoms with Gasteiger partial charge < -0.3 is 10.4 Å². The summed E-state index contributed by atoms with van der Waals surface area (Å²) in [6, 6.07) is 11.0. The Balaban J connectivity index is 1.69. The molecule has 1 heterocycles. The van der Waals surface area contributed by atoms with E-state index in [1.807, 2.05) is 11.3 Å². The number of hydrogen-bond acceptors (Lipinski definition) is 3. The van der Waals surface area contributed by atoms with Crippen molar-refractivity contribution >= 4 is 21.4 Å². The number of hydrogen-bond donors (Lipinski definition) is 2. The molecular weight excluding hydrogens is 242 g/mol. The SMILES string of the molecule is CC(NCC1(O)CCC1)c1cc2ccccc2s1. The largest absolute Gasteiger partial charge is 0.389 e. The summed E-state index contributed by atoms with van der Waals surface area (Å²) < 4.78 is 1.34. The van der Waals surface area contributed by atoms with Gasteiger partial charge in [-0.15, -0.1) is 11.3 Å². The van der Waals surface area contributed by atoms with Gasteiger partial charge in [0.2, 0.25) is 0 Å². The molecule has 0 amide bonds. The molecule has 2 N–H and O–H groups in total. The summed E-state index contributed by atoms with van der Waals surface area (Å²) in [5.74, 6) is 0. The summed E-state index contributed by atoms with van der Waals surface area (Å²) in [7, 11) is 0. The van der Waals surface area contributed by atoms with Crippen LogP contribution in [0.2, 0.25) is 0 Å². The van der Waals surface area contributed by atoms with Crippen LogP contribution in [-0.2, 0) is 0 Å². The lowest BCUT2D eigenvalue weighted by Crippen LogP contribution is -2.46. The average Bonchev–Trinajstić information content (AvgIpc) is 2.77. The Morgan fingerprint density at radius 2 is 2.17 bits per heavy atom. The number of aliphatic hydroxyl groups is 1. The van der Waals surface area contributed by atoms with E-state index < -0.39 is 5.60 Å². The Morgan fingerprint density at radius 1 is 1.39 bits per heavy atom. The molecule has 1 aromatic carbocycles. The van der Waals surface area contributed by atoms with Gasteiger partial charge in [-0.25, -0.2) is 0 Å². The van der Waals surface area contributed by atoms with E-state index in [-0.39, 0.29) is 0 Å². The lowest BCUT2D eigenvalue weighted by Gasteiger charge is -2.37. The molecule has 0 saturated heterocycles. The molecule has 1 unspecified atom stereocenters. The van der Waals surface area contributed by atoms with Crippen LogP contribution in [0.5, 0.6) is 0 Å². The summed E-state index contributed by atoms with van der Waals surface area (Å²) in [5, 5.41) is 14.9. The fourth-order valence-electron chi connectivity index (χ4n) is 2.42. The lowest BCUT2D eigenvalue weighted by atomic mass is 9.80. The highest BCUT2D eigenvalue weighted by atomic mass is 32.1. The molecule has 2 nitrogen and oxygen atoms in total. The first-order valence-electron chi connectivity index (χ1n) is 6.61. The summed E-state index contributed by atoms with van der Waals surface area (Å²) >= 11 is 1.84. The third-order valence-corrected chi connectivity index (χ3v) is 5.19. The molecule has 0 radical (unpaired) electrons. The van der Waals surface area contributed by atoms with Gasteiger partial charge >= 0.3 is 0 Å². The normalized spacial score (nSPS) is 19.7. The molecule has 1 aromatic heterocycles. The van der Waals surface area contributed by atoms with Crippen LogP contribution in [-0.4, -0.2) is 17.3 Å². The van der Waals surface area contributed by atoms with E-state index in [0.29, 0.717) is 12.6 Å². The van der Waals surface area contributed by atoms with Crippen molar-refractivity contribution in [3.05, 3.63) is 35.2 Å². The number of benzene rings is 1. The summed E-state index contributed by atoms with van der Waals surface area (Å²) in [6.07, 6.45) is 3.05. The summed E-state index contributed by atoms with van der Waals surface area (Å²) in [5.41, 5.74) is -0.440. The first-order chi connectivity index (χ1) is 8.66.